The summed E-state index contributed by atoms with van der Waals surface area (Å²) in [6.45, 7) is 1.41. The van der Waals surface area contributed by atoms with E-state index < -0.39 is 11.8 Å². The van der Waals surface area contributed by atoms with E-state index in [4.69, 9.17) is 9.47 Å². The molecule has 0 aliphatic heterocycles. The van der Waals surface area contributed by atoms with Crippen LogP contribution in [0.3, 0.4) is 0 Å². The van der Waals surface area contributed by atoms with Crippen LogP contribution in [0.1, 0.15) is 33.3 Å². The van der Waals surface area contributed by atoms with Gasteiger partial charge in [-0.05, 0) is 29.8 Å². The lowest BCUT2D eigenvalue weighted by Crippen LogP contribution is -2.15. The second-order valence-electron chi connectivity index (χ2n) is 5.73. The number of ketones is 1. The van der Waals surface area contributed by atoms with Gasteiger partial charge >= 0.3 is 5.97 Å². The first-order valence-electron chi connectivity index (χ1n) is 8.72. The Labute approximate surface area is 165 Å². The Morgan fingerprint density at radius 2 is 1.97 bits per heavy atom. The average Bonchev–Trinajstić information content (AvgIpc) is 3.14. The number of carbonyl (C=O) groups is 2. The monoisotopic (exact) mass is 396 g/mol. The summed E-state index contributed by atoms with van der Waals surface area (Å²) in [6.07, 6.45) is 1.32. The molecule has 3 rings (SSSR count). The molecule has 0 saturated carbocycles. The third-order valence-electron chi connectivity index (χ3n) is 3.68. The highest BCUT2D eigenvalue weighted by atomic mass is 19.1. The molecule has 0 spiro atoms. The fourth-order valence-corrected chi connectivity index (χ4v) is 2.34. The molecule has 1 heterocycles. The van der Waals surface area contributed by atoms with Crippen molar-refractivity contribution in [1.29, 1.82) is 0 Å². The number of hydrogen-bond acceptors (Lipinski definition) is 7. The molecule has 2 aromatic carbocycles. The summed E-state index contributed by atoms with van der Waals surface area (Å²) in [5.41, 5.74) is 0.695. The number of halogens is 1. The zero-order chi connectivity index (χ0) is 20.6. The van der Waals surface area contributed by atoms with Crippen LogP contribution in [0.25, 0.3) is 0 Å². The highest BCUT2D eigenvalue weighted by Crippen LogP contribution is 2.17. The van der Waals surface area contributed by atoms with Crippen molar-refractivity contribution in [2.45, 2.75) is 6.92 Å². The van der Waals surface area contributed by atoms with Gasteiger partial charge in [0.05, 0.1) is 12.8 Å². The average molecular weight is 396 g/mol. The molecular weight excluding hydrogens is 379 g/mol. The van der Waals surface area contributed by atoms with Crippen LogP contribution < -0.4 is 4.74 Å². The highest BCUT2D eigenvalue weighted by molar-refractivity contribution is 5.97. The first-order valence-corrected chi connectivity index (χ1v) is 8.72. The Morgan fingerprint density at radius 1 is 1.17 bits per heavy atom. The van der Waals surface area contributed by atoms with Crippen molar-refractivity contribution >= 4 is 18.0 Å². The minimum absolute atomic E-state index is 0.126. The second kappa shape index (κ2) is 9.36. The summed E-state index contributed by atoms with van der Waals surface area (Å²) in [6, 6.07) is 14.3. The van der Waals surface area contributed by atoms with E-state index >= 15 is 0 Å². The Bertz CT molecular complexity index is 1030. The predicted molar refractivity (Wildman–Crippen MR) is 102 cm³/mol. The van der Waals surface area contributed by atoms with Gasteiger partial charge in [0, 0.05) is 5.56 Å². The smallest absolute Gasteiger partial charge is 0.364 e. The van der Waals surface area contributed by atoms with Crippen molar-refractivity contribution in [1.82, 2.24) is 15.1 Å². The molecule has 0 amide bonds. The normalized spacial score (nSPS) is 10.8. The van der Waals surface area contributed by atoms with Crippen molar-refractivity contribution in [2.75, 3.05) is 13.2 Å². The molecule has 1 aromatic heterocycles. The van der Waals surface area contributed by atoms with Gasteiger partial charge in [0.25, 0.3) is 5.88 Å². The Kier molecular flexibility index (Phi) is 6.41. The van der Waals surface area contributed by atoms with E-state index in [9.17, 15) is 14.0 Å². The van der Waals surface area contributed by atoms with E-state index in [1.807, 2.05) is 0 Å². The molecule has 0 aliphatic carbocycles. The van der Waals surface area contributed by atoms with Crippen LogP contribution in [0.4, 0.5) is 4.39 Å². The van der Waals surface area contributed by atoms with E-state index in [-0.39, 0.29) is 30.6 Å². The Hall–Kier alpha value is -3.88. The van der Waals surface area contributed by atoms with E-state index in [1.165, 1.54) is 24.4 Å². The molecular formula is C20H17FN4O4. The first-order chi connectivity index (χ1) is 14.1. The van der Waals surface area contributed by atoms with Crippen LogP contribution in [-0.2, 0) is 4.74 Å². The number of ether oxygens (including phenoxy) is 2. The van der Waals surface area contributed by atoms with Crippen LogP contribution in [0.2, 0.25) is 0 Å². The molecule has 0 radical (unpaired) electrons. The summed E-state index contributed by atoms with van der Waals surface area (Å²) >= 11 is 0. The summed E-state index contributed by atoms with van der Waals surface area (Å²) in [5.74, 6) is -1.64. The Morgan fingerprint density at radius 3 is 2.69 bits per heavy atom. The van der Waals surface area contributed by atoms with Crippen molar-refractivity contribution in [3.05, 3.63) is 77.2 Å². The lowest BCUT2D eigenvalue weighted by Gasteiger charge is -2.06. The van der Waals surface area contributed by atoms with Gasteiger partial charge in [0.15, 0.2) is 12.4 Å². The number of aromatic nitrogens is 3. The van der Waals surface area contributed by atoms with Crippen molar-refractivity contribution in [3.63, 3.8) is 0 Å². The third kappa shape index (κ3) is 5.10. The van der Waals surface area contributed by atoms with E-state index in [0.29, 0.717) is 11.1 Å². The predicted octanol–water partition coefficient (Wildman–Crippen LogP) is 2.74. The van der Waals surface area contributed by atoms with Gasteiger partial charge in [-0.2, -0.15) is 5.10 Å². The highest BCUT2D eigenvalue weighted by Gasteiger charge is 2.23. The molecule has 8 nitrogen and oxygen atoms in total. The van der Waals surface area contributed by atoms with Gasteiger partial charge < -0.3 is 9.47 Å². The number of nitrogens with zero attached hydrogens (tertiary/aromatic N) is 4. The molecule has 0 fully saturated rings. The lowest BCUT2D eigenvalue weighted by molar-refractivity contribution is 0.0512. The van der Waals surface area contributed by atoms with Crippen molar-refractivity contribution in [2.24, 2.45) is 5.10 Å². The van der Waals surface area contributed by atoms with Crippen molar-refractivity contribution in [3.8, 4) is 5.88 Å². The Balaban J connectivity index is 1.84. The summed E-state index contributed by atoms with van der Waals surface area (Å²) in [5, 5.41) is 11.5. The summed E-state index contributed by atoms with van der Waals surface area (Å²) in [4.78, 5) is 25.4. The fourth-order valence-electron chi connectivity index (χ4n) is 2.34. The molecule has 29 heavy (non-hydrogen) atoms. The van der Waals surface area contributed by atoms with Crippen LogP contribution in [0.15, 0.2) is 59.7 Å². The quantitative estimate of drug-likeness (QED) is 0.330. The number of rotatable bonds is 8. The van der Waals surface area contributed by atoms with Crippen LogP contribution in [-0.4, -0.2) is 46.3 Å². The summed E-state index contributed by atoms with van der Waals surface area (Å²) < 4.78 is 23.8. The maximum absolute atomic E-state index is 13.3. The topological polar surface area (TPSA) is 95.7 Å². The maximum atomic E-state index is 13.3. The zero-order valence-corrected chi connectivity index (χ0v) is 15.5. The van der Waals surface area contributed by atoms with Crippen LogP contribution in [0.5, 0.6) is 5.88 Å². The third-order valence-corrected chi connectivity index (χ3v) is 3.68. The SMILES string of the molecule is CCOC(=O)c1nnn(/N=C/c2cccc(F)c2)c1OCC(=O)c1ccccc1. The molecule has 0 unspecified atom stereocenters. The molecule has 0 aliphatic rings. The van der Waals surface area contributed by atoms with E-state index in [2.05, 4.69) is 15.4 Å². The van der Waals surface area contributed by atoms with Crippen LogP contribution in [0, 0.1) is 5.82 Å². The molecule has 3 aromatic rings. The number of benzene rings is 2. The van der Waals surface area contributed by atoms with Gasteiger partial charge in [-0.1, -0.05) is 47.3 Å². The second-order valence-corrected chi connectivity index (χ2v) is 5.73. The minimum Gasteiger partial charge on any atom is -0.466 e. The molecule has 9 heteroatoms. The number of Topliss-reactive ketones (excluding diaryl/α,β-unsaturated/α-hetero) is 1. The molecule has 148 valence electrons. The number of carbonyl (C=O) groups excluding carboxylic acids is 2. The first kappa shape index (κ1) is 19.9. The summed E-state index contributed by atoms with van der Waals surface area (Å²) in [7, 11) is 0. The zero-order valence-electron chi connectivity index (χ0n) is 15.5. The largest absolute Gasteiger partial charge is 0.466 e. The molecule has 0 bridgehead atoms. The number of esters is 1. The standard InChI is InChI=1S/C20H17FN4O4/c1-2-28-20(27)18-19(29-13-17(26)15-8-4-3-5-9-15)25(24-23-18)22-12-14-7-6-10-16(21)11-14/h3-12H,2,13H2,1H3/b22-12+. The molecule has 0 saturated heterocycles. The minimum atomic E-state index is -0.762. The van der Waals surface area contributed by atoms with Gasteiger partial charge in [-0.3, -0.25) is 4.79 Å². The van der Waals surface area contributed by atoms with Gasteiger partial charge in [0.2, 0.25) is 5.69 Å². The molecule has 0 N–H and O–H groups in total. The number of hydrogen-bond donors (Lipinski definition) is 0. The van der Waals surface area contributed by atoms with E-state index in [0.717, 1.165) is 4.79 Å². The van der Waals surface area contributed by atoms with Crippen LogP contribution >= 0.6 is 0 Å². The van der Waals surface area contributed by atoms with Gasteiger partial charge in [-0.15, -0.1) is 5.10 Å². The van der Waals surface area contributed by atoms with Gasteiger partial charge in [0.1, 0.15) is 5.82 Å². The van der Waals surface area contributed by atoms with Crippen molar-refractivity contribution < 1.29 is 23.5 Å². The van der Waals surface area contributed by atoms with Gasteiger partial charge in [-0.25, -0.2) is 9.18 Å². The fraction of sp³-hybridized carbons (Fsp3) is 0.150. The lowest BCUT2D eigenvalue weighted by atomic mass is 10.1. The van der Waals surface area contributed by atoms with E-state index in [1.54, 1.807) is 43.3 Å². The molecule has 0 atom stereocenters. The maximum Gasteiger partial charge on any atom is 0.364 e.